The van der Waals surface area contributed by atoms with Crippen LogP contribution in [0.2, 0.25) is 0 Å². The van der Waals surface area contributed by atoms with E-state index in [2.05, 4.69) is 43.2 Å². The quantitative estimate of drug-likeness (QED) is 0.473. The van der Waals surface area contributed by atoms with Crippen LogP contribution in [0.1, 0.15) is 67.8 Å². The molecule has 7 nitrogen and oxygen atoms in total. The molecule has 0 radical (unpaired) electrons. The van der Waals surface area contributed by atoms with Crippen LogP contribution in [0, 0.1) is 17.3 Å². The smallest absolute Gasteiger partial charge is 0.259 e. The van der Waals surface area contributed by atoms with Gasteiger partial charge in [-0.2, -0.15) is 0 Å². The van der Waals surface area contributed by atoms with Gasteiger partial charge in [0.15, 0.2) is 0 Å². The molecule has 2 aliphatic rings. The molecule has 1 aliphatic heterocycles. The normalized spacial score (nSPS) is 20.2. The zero-order chi connectivity index (χ0) is 26.7. The van der Waals surface area contributed by atoms with Gasteiger partial charge in [0.25, 0.3) is 5.91 Å². The minimum Gasteiger partial charge on any atom is -0.497 e. The summed E-state index contributed by atoms with van der Waals surface area (Å²) in [4.78, 5) is 30.3. The average Bonchev–Trinajstić information content (AvgIpc) is 3.20. The van der Waals surface area contributed by atoms with E-state index in [-0.39, 0.29) is 17.2 Å². The number of carbonyl (C=O) groups is 2. The van der Waals surface area contributed by atoms with Crippen LogP contribution in [-0.4, -0.2) is 50.6 Å². The second kappa shape index (κ2) is 11.4. The maximum atomic E-state index is 13.7. The number of hydrogen-bond acceptors (Lipinski definition) is 6. The van der Waals surface area contributed by atoms with Gasteiger partial charge in [-0.05, 0) is 73.6 Å². The molecule has 202 valence electrons. The fourth-order valence-corrected chi connectivity index (χ4v) is 6.88. The Balaban J connectivity index is 1.61. The topological polar surface area (TPSA) is 79.9 Å². The standard InChI is InChI=1S/C29H41N3O4S/c1-18-8-7-13-32(16-18)17-25(33)31-28-26(21-11-9-19(29(2,3)4)14-24(21)37-28)27(34)30-22-12-10-20(35-5)15-23(22)36-6/h10,12,15,18-19H,7-9,11,13-14,16-17H2,1-6H3,(H,30,34)(H,31,33)/t18-,19-/m1/s1. The number of anilines is 2. The Kier molecular flexibility index (Phi) is 8.49. The van der Waals surface area contributed by atoms with Crippen LogP contribution in [0.3, 0.4) is 0 Å². The molecule has 1 aromatic heterocycles. The van der Waals surface area contributed by atoms with Crippen molar-refractivity contribution in [1.29, 1.82) is 0 Å². The first kappa shape index (κ1) is 27.5. The van der Waals surface area contributed by atoms with Gasteiger partial charge in [0.1, 0.15) is 16.5 Å². The Labute approximate surface area is 224 Å². The predicted molar refractivity (Wildman–Crippen MR) is 150 cm³/mol. The summed E-state index contributed by atoms with van der Waals surface area (Å²) < 4.78 is 10.8. The summed E-state index contributed by atoms with van der Waals surface area (Å²) in [7, 11) is 3.16. The lowest BCUT2D eigenvalue weighted by Crippen LogP contribution is -2.39. The first-order valence-corrected chi connectivity index (χ1v) is 14.1. The molecular formula is C29H41N3O4S. The van der Waals surface area contributed by atoms with Gasteiger partial charge in [-0.1, -0.05) is 27.7 Å². The Hall–Kier alpha value is -2.58. The zero-order valence-corrected chi connectivity index (χ0v) is 23.8. The lowest BCUT2D eigenvalue weighted by molar-refractivity contribution is -0.117. The summed E-state index contributed by atoms with van der Waals surface area (Å²) >= 11 is 1.57. The lowest BCUT2D eigenvalue weighted by atomic mass is 9.72. The van der Waals surface area contributed by atoms with Gasteiger partial charge in [0, 0.05) is 17.5 Å². The number of nitrogens with one attached hydrogen (secondary N) is 2. The predicted octanol–water partition coefficient (Wildman–Crippen LogP) is 5.84. The van der Waals surface area contributed by atoms with Crippen molar-refractivity contribution in [2.24, 2.45) is 17.3 Å². The summed E-state index contributed by atoms with van der Waals surface area (Å²) in [5.41, 5.74) is 2.41. The number of nitrogens with zero attached hydrogens (tertiary/aromatic N) is 1. The number of benzene rings is 1. The summed E-state index contributed by atoms with van der Waals surface area (Å²) in [5.74, 6) is 2.03. The molecule has 0 saturated carbocycles. The fourth-order valence-electron chi connectivity index (χ4n) is 5.54. The molecule has 1 fully saturated rings. The third kappa shape index (κ3) is 6.47. The molecule has 2 aromatic rings. The Morgan fingerprint density at radius 1 is 1.14 bits per heavy atom. The SMILES string of the molecule is COc1ccc(NC(=O)c2c(NC(=O)CN3CCC[C@@H](C)C3)sc3c2CC[C@@H](C(C)(C)C)C3)c(OC)c1. The van der Waals surface area contributed by atoms with Crippen molar-refractivity contribution >= 4 is 33.8 Å². The van der Waals surface area contributed by atoms with Crippen molar-refractivity contribution < 1.29 is 19.1 Å². The highest BCUT2D eigenvalue weighted by Gasteiger charge is 2.34. The molecule has 1 aromatic carbocycles. The van der Waals surface area contributed by atoms with E-state index in [1.165, 1.54) is 11.3 Å². The van der Waals surface area contributed by atoms with Crippen LogP contribution in [0.25, 0.3) is 0 Å². The molecule has 8 heteroatoms. The van der Waals surface area contributed by atoms with Crippen molar-refractivity contribution in [2.75, 3.05) is 44.5 Å². The molecule has 0 spiro atoms. The molecule has 2 atom stereocenters. The van der Waals surface area contributed by atoms with Gasteiger partial charge >= 0.3 is 0 Å². The third-order valence-electron chi connectivity index (χ3n) is 7.74. The van der Waals surface area contributed by atoms with Crippen molar-refractivity contribution in [1.82, 2.24) is 4.90 Å². The average molecular weight is 528 g/mol. The highest BCUT2D eigenvalue weighted by molar-refractivity contribution is 7.17. The molecule has 2 N–H and O–H groups in total. The van der Waals surface area contributed by atoms with Crippen molar-refractivity contribution in [3.63, 3.8) is 0 Å². The molecule has 2 amide bonds. The Bertz CT molecular complexity index is 1140. The zero-order valence-electron chi connectivity index (χ0n) is 23.0. The van der Waals surface area contributed by atoms with Gasteiger partial charge in [0.2, 0.25) is 5.91 Å². The minimum absolute atomic E-state index is 0.0591. The van der Waals surface area contributed by atoms with Gasteiger partial charge in [-0.3, -0.25) is 14.5 Å². The largest absolute Gasteiger partial charge is 0.497 e. The van der Waals surface area contributed by atoms with Crippen LogP contribution >= 0.6 is 11.3 Å². The second-order valence-electron chi connectivity index (χ2n) is 11.6. The number of methoxy groups -OCH3 is 2. The van der Waals surface area contributed by atoms with Crippen LogP contribution in [0.5, 0.6) is 11.5 Å². The third-order valence-corrected chi connectivity index (χ3v) is 8.91. The molecule has 1 aliphatic carbocycles. The monoisotopic (exact) mass is 527 g/mol. The number of piperidine rings is 1. The number of carbonyl (C=O) groups excluding carboxylic acids is 2. The van der Waals surface area contributed by atoms with Crippen LogP contribution < -0.4 is 20.1 Å². The van der Waals surface area contributed by atoms with Gasteiger partial charge in [0.05, 0.1) is 32.0 Å². The number of likely N-dealkylation sites (tertiary alicyclic amines) is 1. The summed E-state index contributed by atoms with van der Waals surface area (Å²) in [5, 5.41) is 6.81. The van der Waals surface area contributed by atoms with E-state index < -0.39 is 0 Å². The summed E-state index contributed by atoms with van der Waals surface area (Å²) in [6.07, 6.45) is 5.11. The van der Waals surface area contributed by atoms with E-state index in [9.17, 15) is 9.59 Å². The molecule has 0 bridgehead atoms. The lowest BCUT2D eigenvalue weighted by Gasteiger charge is -2.33. The number of thiophene rings is 1. The van der Waals surface area contributed by atoms with Crippen molar-refractivity contribution in [2.45, 2.75) is 59.8 Å². The van der Waals surface area contributed by atoms with E-state index in [1.54, 1.807) is 43.8 Å². The maximum Gasteiger partial charge on any atom is 0.259 e. The number of rotatable bonds is 7. The highest BCUT2D eigenvalue weighted by atomic mass is 32.1. The number of amides is 2. The Morgan fingerprint density at radius 2 is 1.92 bits per heavy atom. The van der Waals surface area contributed by atoms with Crippen molar-refractivity contribution in [3.8, 4) is 11.5 Å². The van der Waals surface area contributed by atoms with Gasteiger partial charge in [-0.25, -0.2) is 0 Å². The number of hydrogen-bond donors (Lipinski definition) is 2. The van der Waals surface area contributed by atoms with E-state index in [4.69, 9.17) is 9.47 Å². The molecule has 2 heterocycles. The first-order chi connectivity index (χ1) is 17.6. The van der Waals surface area contributed by atoms with E-state index >= 15 is 0 Å². The van der Waals surface area contributed by atoms with Gasteiger partial charge < -0.3 is 20.1 Å². The van der Waals surface area contributed by atoms with Crippen LogP contribution in [0.15, 0.2) is 18.2 Å². The van der Waals surface area contributed by atoms with E-state index in [0.29, 0.717) is 46.1 Å². The van der Waals surface area contributed by atoms with Gasteiger partial charge in [-0.15, -0.1) is 11.3 Å². The fraction of sp³-hybridized carbons (Fsp3) is 0.586. The molecule has 4 rings (SSSR count). The number of fused-ring (bicyclic) bond motifs is 1. The highest BCUT2D eigenvalue weighted by Crippen LogP contribution is 2.44. The molecule has 37 heavy (non-hydrogen) atoms. The number of ether oxygens (including phenoxy) is 2. The molecular weight excluding hydrogens is 486 g/mol. The second-order valence-corrected chi connectivity index (χ2v) is 12.7. The van der Waals surface area contributed by atoms with E-state index in [1.807, 2.05) is 0 Å². The Morgan fingerprint density at radius 3 is 2.59 bits per heavy atom. The maximum absolute atomic E-state index is 13.7. The summed E-state index contributed by atoms with van der Waals surface area (Å²) in [6, 6.07) is 5.31. The van der Waals surface area contributed by atoms with Crippen molar-refractivity contribution in [3.05, 3.63) is 34.2 Å². The minimum atomic E-state index is -0.225. The van der Waals surface area contributed by atoms with Crippen LogP contribution in [0.4, 0.5) is 10.7 Å². The van der Waals surface area contributed by atoms with E-state index in [0.717, 1.165) is 44.3 Å². The summed E-state index contributed by atoms with van der Waals surface area (Å²) in [6.45, 7) is 11.3. The first-order valence-electron chi connectivity index (χ1n) is 13.3. The molecule has 1 saturated heterocycles. The molecule has 0 unspecified atom stereocenters. The van der Waals surface area contributed by atoms with Crippen LogP contribution in [-0.2, 0) is 17.6 Å².